The number of unbranched alkanes of at least 4 members (excludes halogenated alkanes) is 1. The van der Waals surface area contributed by atoms with Gasteiger partial charge in [-0.1, -0.05) is 42.5 Å². The molecule has 0 aliphatic carbocycles. The highest BCUT2D eigenvalue weighted by Gasteiger charge is 1.96. The van der Waals surface area contributed by atoms with E-state index in [-0.39, 0.29) is 12.4 Å². The first-order valence-electron chi connectivity index (χ1n) is 6.84. The van der Waals surface area contributed by atoms with Crippen LogP contribution >= 0.6 is 21.6 Å². The fourth-order valence-electron chi connectivity index (χ4n) is 1.99. The lowest BCUT2D eigenvalue weighted by molar-refractivity contribution is 0.307. The van der Waals surface area contributed by atoms with E-state index in [4.69, 9.17) is 4.74 Å². The average molecular weight is 309 g/mol. The third-order valence-electron chi connectivity index (χ3n) is 3.13. The van der Waals surface area contributed by atoms with E-state index >= 15 is 0 Å². The van der Waals surface area contributed by atoms with Crippen LogP contribution in [0.25, 0.3) is 0 Å². The maximum Gasteiger partial charge on any atom is 0.119 e. The standard InChI is InChI=1S/C17H21OP.ClH/c19-14-16-9-11-17(12-10-16)18-13-5-4-8-15-6-2-1-3-7-15;/h1-3,6-7,9-12H,4-5,8,13-14,19H2;1H. The summed E-state index contributed by atoms with van der Waals surface area (Å²) in [6, 6.07) is 19.0. The van der Waals surface area contributed by atoms with Crippen molar-refractivity contribution in [1.29, 1.82) is 0 Å². The van der Waals surface area contributed by atoms with Crippen LogP contribution in [0.15, 0.2) is 54.6 Å². The Bertz CT molecular complexity index is 470. The lowest BCUT2D eigenvalue weighted by Crippen LogP contribution is -1.98. The van der Waals surface area contributed by atoms with E-state index < -0.39 is 0 Å². The molecule has 20 heavy (non-hydrogen) atoms. The van der Waals surface area contributed by atoms with E-state index in [2.05, 4.69) is 63.8 Å². The summed E-state index contributed by atoms with van der Waals surface area (Å²) in [7, 11) is 2.73. The molecule has 0 saturated carbocycles. The molecule has 0 bridgehead atoms. The Balaban J connectivity index is 0.00000200. The Hall–Kier alpha value is -1.04. The van der Waals surface area contributed by atoms with E-state index in [0.29, 0.717) is 0 Å². The van der Waals surface area contributed by atoms with Gasteiger partial charge in [-0.05, 0) is 48.7 Å². The summed E-state index contributed by atoms with van der Waals surface area (Å²) in [4.78, 5) is 0. The Morgan fingerprint density at radius 1 is 0.800 bits per heavy atom. The van der Waals surface area contributed by atoms with Crippen LogP contribution in [0.1, 0.15) is 24.0 Å². The summed E-state index contributed by atoms with van der Waals surface area (Å²) in [6.07, 6.45) is 4.40. The van der Waals surface area contributed by atoms with E-state index in [9.17, 15) is 0 Å². The maximum atomic E-state index is 5.74. The molecule has 0 saturated heterocycles. The first kappa shape index (κ1) is 17.0. The quantitative estimate of drug-likeness (QED) is 0.523. The molecule has 0 N–H and O–H groups in total. The third-order valence-corrected chi connectivity index (χ3v) is 3.60. The monoisotopic (exact) mass is 308 g/mol. The molecule has 1 nitrogen and oxygen atoms in total. The Morgan fingerprint density at radius 3 is 2.15 bits per heavy atom. The number of rotatable bonds is 7. The molecule has 2 aromatic carbocycles. The first-order valence-corrected chi connectivity index (χ1v) is 7.66. The van der Waals surface area contributed by atoms with Crippen LogP contribution in [-0.2, 0) is 12.6 Å². The van der Waals surface area contributed by atoms with Crippen LogP contribution < -0.4 is 4.74 Å². The number of aryl methyl sites for hydroxylation is 1. The van der Waals surface area contributed by atoms with Crippen LogP contribution in [0, 0.1) is 0 Å². The predicted octanol–water partition coefficient (Wildman–Crippen LogP) is 4.89. The Morgan fingerprint density at radius 2 is 1.50 bits per heavy atom. The summed E-state index contributed by atoms with van der Waals surface area (Å²) in [5.41, 5.74) is 2.73. The largest absolute Gasteiger partial charge is 0.494 e. The second kappa shape index (κ2) is 9.80. The van der Waals surface area contributed by atoms with Gasteiger partial charge in [-0.15, -0.1) is 21.6 Å². The topological polar surface area (TPSA) is 9.23 Å². The molecule has 0 amide bonds. The molecule has 2 aromatic rings. The smallest absolute Gasteiger partial charge is 0.119 e. The zero-order valence-corrected chi connectivity index (χ0v) is 13.6. The third kappa shape index (κ3) is 5.94. The van der Waals surface area contributed by atoms with E-state index in [1.165, 1.54) is 17.5 Å². The Labute approximate surface area is 130 Å². The highest BCUT2D eigenvalue weighted by atomic mass is 35.5. The van der Waals surface area contributed by atoms with Crippen molar-refractivity contribution in [3.05, 3.63) is 65.7 Å². The van der Waals surface area contributed by atoms with Crippen molar-refractivity contribution in [2.75, 3.05) is 6.61 Å². The normalized spacial score (nSPS) is 9.85. The molecule has 2 rings (SSSR count). The molecule has 0 spiro atoms. The summed E-state index contributed by atoms with van der Waals surface area (Å²) < 4.78 is 5.74. The van der Waals surface area contributed by atoms with Crippen molar-refractivity contribution in [2.24, 2.45) is 0 Å². The fourth-order valence-corrected chi connectivity index (χ4v) is 2.26. The van der Waals surface area contributed by atoms with Crippen molar-refractivity contribution in [1.82, 2.24) is 0 Å². The van der Waals surface area contributed by atoms with Crippen molar-refractivity contribution in [2.45, 2.75) is 25.4 Å². The zero-order chi connectivity index (χ0) is 13.3. The molecular formula is C17H22ClOP. The zero-order valence-electron chi connectivity index (χ0n) is 11.6. The minimum absolute atomic E-state index is 0. The highest BCUT2D eigenvalue weighted by Crippen LogP contribution is 2.14. The SMILES string of the molecule is Cl.PCc1ccc(OCCCCc2ccccc2)cc1. The number of hydrogen-bond donors (Lipinski definition) is 0. The molecule has 0 aliphatic heterocycles. The first-order chi connectivity index (χ1) is 9.38. The molecule has 1 unspecified atom stereocenters. The molecule has 0 radical (unpaired) electrons. The van der Waals surface area contributed by atoms with Gasteiger partial charge in [0.15, 0.2) is 0 Å². The van der Waals surface area contributed by atoms with E-state index in [1.807, 2.05) is 0 Å². The number of ether oxygens (including phenoxy) is 1. The number of halogens is 1. The van der Waals surface area contributed by atoms with Gasteiger partial charge in [-0.25, -0.2) is 0 Å². The van der Waals surface area contributed by atoms with Gasteiger partial charge in [0, 0.05) is 0 Å². The lowest BCUT2D eigenvalue weighted by atomic mass is 10.1. The molecule has 0 aliphatic rings. The van der Waals surface area contributed by atoms with Crippen molar-refractivity contribution < 1.29 is 4.74 Å². The molecule has 0 fully saturated rings. The summed E-state index contributed by atoms with van der Waals surface area (Å²) in [5.74, 6) is 0.974. The summed E-state index contributed by atoms with van der Waals surface area (Å²) >= 11 is 0. The van der Waals surface area contributed by atoms with Crippen LogP contribution in [0.4, 0.5) is 0 Å². The minimum atomic E-state index is 0. The van der Waals surface area contributed by atoms with Gasteiger partial charge in [0.05, 0.1) is 6.61 Å². The van der Waals surface area contributed by atoms with Crippen LogP contribution in [0.5, 0.6) is 5.75 Å². The molecular weight excluding hydrogens is 287 g/mol. The summed E-state index contributed by atoms with van der Waals surface area (Å²) in [6.45, 7) is 0.799. The maximum absolute atomic E-state index is 5.74. The van der Waals surface area contributed by atoms with Crippen molar-refractivity contribution in [3.8, 4) is 5.75 Å². The van der Waals surface area contributed by atoms with Gasteiger partial charge in [-0.3, -0.25) is 0 Å². The van der Waals surface area contributed by atoms with Gasteiger partial charge in [0.1, 0.15) is 5.75 Å². The van der Waals surface area contributed by atoms with Crippen LogP contribution in [-0.4, -0.2) is 6.61 Å². The molecule has 3 heteroatoms. The van der Waals surface area contributed by atoms with Gasteiger partial charge in [0.25, 0.3) is 0 Å². The number of benzene rings is 2. The van der Waals surface area contributed by atoms with E-state index in [1.54, 1.807) is 0 Å². The lowest BCUT2D eigenvalue weighted by Gasteiger charge is -2.07. The molecule has 1 atom stereocenters. The molecule has 0 heterocycles. The average Bonchev–Trinajstić information content (AvgIpc) is 2.49. The molecule has 0 aromatic heterocycles. The second-order valence-corrected chi connectivity index (χ2v) is 5.05. The number of hydrogen-bond acceptors (Lipinski definition) is 1. The molecule has 108 valence electrons. The summed E-state index contributed by atoms with van der Waals surface area (Å²) in [5, 5.41) is 0. The van der Waals surface area contributed by atoms with Crippen LogP contribution in [0.3, 0.4) is 0 Å². The highest BCUT2D eigenvalue weighted by molar-refractivity contribution is 7.15. The minimum Gasteiger partial charge on any atom is -0.494 e. The van der Waals surface area contributed by atoms with Gasteiger partial charge < -0.3 is 4.74 Å². The predicted molar refractivity (Wildman–Crippen MR) is 92.0 cm³/mol. The van der Waals surface area contributed by atoms with Gasteiger partial charge in [0.2, 0.25) is 0 Å². The van der Waals surface area contributed by atoms with E-state index in [0.717, 1.165) is 31.4 Å². The fraction of sp³-hybridized carbons (Fsp3) is 0.294. The van der Waals surface area contributed by atoms with Crippen LogP contribution in [0.2, 0.25) is 0 Å². The Kier molecular flexibility index (Phi) is 8.34. The van der Waals surface area contributed by atoms with Gasteiger partial charge in [-0.2, -0.15) is 0 Å². The van der Waals surface area contributed by atoms with Crippen molar-refractivity contribution >= 4 is 21.6 Å². The van der Waals surface area contributed by atoms with Crippen molar-refractivity contribution in [3.63, 3.8) is 0 Å². The second-order valence-electron chi connectivity index (χ2n) is 4.64. The van der Waals surface area contributed by atoms with Gasteiger partial charge >= 0.3 is 0 Å².